The third-order valence-electron chi connectivity index (χ3n) is 1.24. The van der Waals surface area contributed by atoms with Crippen molar-refractivity contribution in [2.24, 2.45) is 5.73 Å². The van der Waals surface area contributed by atoms with Crippen LogP contribution in [0.15, 0.2) is 18.3 Å². The molecule has 1 aromatic rings. The summed E-state index contributed by atoms with van der Waals surface area (Å²) >= 11 is 5.58. The number of carbonyl (C=O) groups is 2. The highest BCUT2D eigenvalue weighted by atomic mass is 35.5. The summed E-state index contributed by atoms with van der Waals surface area (Å²) in [6, 6.07) is 2.04. The van der Waals surface area contributed by atoms with Crippen LogP contribution in [0.2, 0.25) is 5.15 Å². The lowest BCUT2D eigenvalue weighted by Gasteiger charge is -2.00. The van der Waals surface area contributed by atoms with Gasteiger partial charge in [-0.15, -0.1) is 0 Å². The topological polar surface area (TPSA) is 85.1 Å². The molecule has 0 aromatic carbocycles. The van der Waals surface area contributed by atoms with E-state index in [4.69, 9.17) is 17.3 Å². The van der Waals surface area contributed by atoms with Crippen molar-refractivity contribution >= 4 is 23.5 Å². The third kappa shape index (κ3) is 2.41. The number of hydrogen-bond acceptors (Lipinski definition) is 3. The van der Waals surface area contributed by atoms with Crippen LogP contribution in [0.5, 0.6) is 0 Å². The van der Waals surface area contributed by atoms with E-state index in [0.29, 0.717) is 0 Å². The van der Waals surface area contributed by atoms with E-state index in [-0.39, 0.29) is 10.7 Å². The van der Waals surface area contributed by atoms with Gasteiger partial charge in [0.15, 0.2) is 0 Å². The molecule has 0 radical (unpaired) electrons. The molecule has 0 saturated heterocycles. The molecule has 6 heteroatoms. The lowest BCUT2D eigenvalue weighted by atomic mass is 10.3. The summed E-state index contributed by atoms with van der Waals surface area (Å²) in [5.41, 5.74) is 4.86. The highest BCUT2D eigenvalue weighted by molar-refractivity contribution is 6.32. The second kappa shape index (κ2) is 3.86. The van der Waals surface area contributed by atoms with Crippen molar-refractivity contribution in [3.8, 4) is 0 Å². The molecule has 68 valence electrons. The zero-order chi connectivity index (χ0) is 9.84. The maximum atomic E-state index is 11.1. The summed E-state index contributed by atoms with van der Waals surface area (Å²) < 4.78 is 0. The standard InChI is InChI=1S/C7H6ClN3O2/c8-5-4(2-1-3-10-5)6(12)11-7(9)13/h1-3H,(H3,9,11,12,13). The summed E-state index contributed by atoms with van der Waals surface area (Å²) in [4.78, 5) is 25.1. The number of hydrogen-bond donors (Lipinski definition) is 2. The van der Waals surface area contributed by atoms with E-state index in [1.807, 2.05) is 5.32 Å². The number of aromatic nitrogens is 1. The van der Waals surface area contributed by atoms with Crippen molar-refractivity contribution < 1.29 is 9.59 Å². The number of halogens is 1. The fourth-order valence-electron chi connectivity index (χ4n) is 0.735. The lowest BCUT2D eigenvalue weighted by Crippen LogP contribution is -2.35. The number of primary amides is 1. The Morgan fingerprint density at radius 3 is 2.77 bits per heavy atom. The minimum Gasteiger partial charge on any atom is -0.351 e. The third-order valence-corrected chi connectivity index (χ3v) is 1.54. The van der Waals surface area contributed by atoms with Gasteiger partial charge in [0.2, 0.25) is 0 Å². The second-order valence-corrected chi connectivity index (χ2v) is 2.52. The summed E-state index contributed by atoms with van der Waals surface area (Å²) in [6.45, 7) is 0. The van der Waals surface area contributed by atoms with Crippen LogP contribution < -0.4 is 11.1 Å². The van der Waals surface area contributed by atoms with E-state index >= 15 is 0 Å². The van der Waals surface area contributed by atoms with Crippen LogP contribution >= 0.6 is 11.6 Å². The van der Waals surface area contributed by atoms with Gasteiger partial charge < -0.3 is 5.73 Å². The molecule has 0 fully saturated rings. The maximum absolute atomic E-state index is 11.1. The molecule has 0 saturated carbocycles. The predicted octanol–water partition coefficient (Wildman–Crippen LogP) is 0.543. The number of pyridine rings is 1. The van der Waals surface area contributed by atoms with Crippen molar-refractivity contribution in [2.75, 3.05) is 0 Å². The molecular weight excluding hydrogens is 194 g/mol. The summed E-state index contributed by atoms with van der Waals surface area (Å²) in [5, 5.41) is 1.90. The van der Waals surface area contributed by atoms with E-state index in [2.05, 4.69) is 4.98 Å². The number of nitrogens with zero attached hydrogens (tertiary/aromatic N) is 1. The first-order chi connectivity index (χ1) is 6.11. The molecule has 0 aliphatic carbocycles. The Labute approximate surface area is 78.9 Å². The highest BCUT2D eigenvalue weighted by Crippen LogP contribution is 2.10. The van der Waals surface area contributed by atoms with Gasteiger partial charge in [-0.05, 0) is 12.1 Å². The van der Waals surface area contributed by atoms with Gasteiger partial charge in [0.1, 0.15) is 5.15 Å². The SMILES string of the molecule is NC(=O)NC(=O)c1cccnc1Cl. The van der Waals surface area contributed by atoms with E-state index in [1.165, 1.54) is 18.3 Å². The largest absolute Gasteiger partial charge is 0.351 e. The number of amides is 3. The normalized spacial score (nSPS) is 9.31. The molecule has 0 aliphatic rings. The van der Waals surface area contributed by atoms with Crippen LogP contribution in [0.1, 0.15) is 10.4 Å². The molecule has 0 atom stereocenters. The molecule has 0 aliphatic heterocycles. The lowest BCUT2D eigenvalue weighted by molar-refractivity contribution is 0.0966. The van der Waals surface area contributed by atoms with Gasteiger partial charge in [0.25, 0.3) is 5.91 Å². The van der Waals surface area contributed by atoms with Crippen molar-refractivity contribution in [3.05, 3.63) is 29.0 Å². The number of urea groups is 1. The van der Waals surface area contributed by atoms with E-state index in [0.717, 1.165) is 0 Å². The molecule has 1 aromatic heterocycles. The Morgan fingerprint density at radius 1 is 1.54 bits per heavy atom. The molecule has 1 rings (SSSR count). The fourth-order valence-corrected chi connectivity index (χ4v) is 0.940. The Hall–Kier alpha value is -1.62. The molecule has 3 amide bonds. The number of carbonyl (C=O) groups excluding carboxylic acids is 2. The minimum atomic E-state index is -0.926. The molecule has 0 unspecified atom stereocenters. The fraction of sp³-hybridized carbons (Fsp3) is 0. The van der Waals surface area contributed by atoms with Crippen LogP contribution in [0, 0.1) is 0 Å². The summed E-state index contributed by atoms with van der Waals surface area (Å²) in [6.07, 6.45) is 1.43. The van der Waals surface area contributed by atoms with Gasteiger partial charge in [-0.3, -0.25) is 10.1 Å². The van der Waals surface area contributed by atoms with Crippen LogP contribution in [0.4, 0.5) is 4.79 Å². The molecule has 13 heavy (non-hydrogen) atoms. The Bertz CT molecular complexity index is 353. The molecule has 1 heterocycles. The quantitative estimate of drug-likeness (QED) is 0.648. The zero-order valence-corrected chi connectivity index (χ0v) is 7.21. The average molecular weight is 200 g/mol. The van der Waals surface area contributed by atoms with Gasteiger partial charge >= 0.3 is 6.03 Å². The Kier molecular flexibility index (Phi) is 2.81. The van der Waals surface area contributed by atoms with E-state index in [1.54, 1.807) is 0 Å². The monoisotopic (exact) mass is 199 g/mol. The van der Waals surface area contributed by atoms with Crippen LogP contribution in [0.25, 0.3) is 0 Å². The average Bonchev–Trinajstić information content (AvgIpc) is 2.03. The zero-order valence-electron chi connectivity index (χ0n) is 6.45. The molecule has 3 N–H and O–H groups in total. The Balaban J connectivity index is 2.89. The first-order valence-corrected chi connectivity index (χ1v) is 3.70. The minimum absolute atomic E-state index is 0.0289. The van der Waals surface area contributed by atoms with E-state index < -0.39 is 11.9 Å². The molecule has 5 nitrogen and oxygen atoms in total. The molecule has 0 spiro atoms. The number of nitrogens with two attached hydrogens (primary N) is 1. The maximum Gasteiger partial charge on any atom is 0.319 e. The van der Waals surface area contributed by atoms with Crippen LogP contribution in [-0.4, -0.2) is 16.9 Å². The van der Waals surface area contributed by atoms with Crippen molar-refractivity contribution in [1.29, 1.82) is 0 Å². The van der Waals surface area contributed by atoms with Crippen molar-refractivity contribution in [3.63, 3.8) is 0 Å². The van der Waals surface area contributed by atoms with Crippen molar-refractivity contribution in [1.82, 2.24) is 10.3 Å². The summed E-state index contributed by atoms with van der Waals surface area (Å²) in [7, 11) is 0. The highest BCUT2D eigenvalue weighted by Gasteiger charge is 2.11. The van der Waals surface area contributed by atoms with Crippen LogP contribution in [0.3, 0.4) is 0 Å². The number of nitrogens with one attached hydrogen (secondary N) is 1. The van der Waals surface area contributed by atoms with Gasteiger partial charge in [-0.2, -0.15) is 0 Å². The van der Waals surface area contributed by atoms with Gasteiger partial charge in [-0.1, -0.05) is 11.6 Å². The van der Waals surface area contributed by atoms with Crippen LogP contribution in [-0.2, 0) is 0 Å². The Morgan fingerprint density at radius 2 is 2.23 bits per heavy atom. The van der Waals surface area contributed by atoms with Crippen molar-refractivity contribution in [2.45, 2.75) is 0 Å². The molecular formula is C7H6ClN3O2. The molecule has 0 bridgehead atoms. The smallest absolute Gasteiger partial charge is 0.319 e. The van der Waals surface area contributed by atoms with Gasteiger partial charge in [0.05, 0.1) is 5.56 Å². The number of imide groups is 1. The first-order valence-electron chi connectivity index (χ1n) is 3.32. The second-order valence-electron chi connectivity index (χ2n) is 2.16. The first kappa shape index (κ1) is 9.47. The summed E-state index contributed by atoms with van der Waals surface area (Å²) in [5.74, 6) is -0.661. The van der Waals surface area contributed by atoms with Gasteiger partial charge in [-0.25, -0.2) is 9.78 Å². The van der Waals surface area contributed by atoms with Gasteiger partial charge in [0, 0.05) is 6.20 Å². The van der Waals surface area contributed by atoms with E-state index in [9.17, 15) is 9.59 Å². The predicted molar refractivity (Wildman–Crippen MR) is 46.3 cm³/mol. The number of rotatable bonds is 1.